The van der Waals surface area contributed by atoms with Crippen LogP contribution in [0, 0.1) is 11.8 Å². The van der Waals surface area contributed by atoms with Crippen molar-refractivity contribution < 1.29 is 14.7 Å². The van der Waals surface area contributed by atoms with Crippen molar-refractivity contribution in [1.82, 2.24) is 5.32 Å². The third-order valence-corrected chi connectivity index (χ3v) is 5.95. The zero-order valence-electron chi connectivity index (χ0n) is 13.8. The Kier molecular flexibility index (Phi) is 4.71. The molecule has 5 heteroatoms. The Bertz CT molecular complexity index is 821. The van der Waals surface area contributed by atoms with Gasteiger partial charge < -0.3 is 10.4 Å². The molecule has 1 aromatic heterocycles. The van der Waals surface area contributed by atoms with Crippen molar-refractivity contribution in [2.75, 3.05) is 0 Å². The largest absolute Gasteiger partial charge is 0.481 e. The van der Waals surface area contributed by atoms with Gasteiger partial charge >= 0.3 is 5.97 Å². The van der Waals surface area contributed by atoms with Crippen LogP contribution in [0.1, 0.15) is 32.3 Å². The molecule has 0 aliphatic heterocycles. The number of allylic oxidation sites excluding steroid dienone is 2. The van der Waals surface area contributed by atoms with E-state index in [-0.39, 0.29) is 5.91 Å². The van der Waals surface area contributed by atoms with Gasteiger partial charge in [-0.25, -0.2) is 0 Å². The minimum Gasteiger partial charge on any atom is -0.481 e. The number of amides is 1. The second-order valence-electron chi connectivity index (χ2n) is 6.50. The van der Waals surface area contributed by atoms with E-state index < -0.39 is 17.8 Å². The Hall–Kier alpha value is -2.14. The quantitative estimate of drug-likeness (QED) is 0.826. The van der Waals surface area contributed by atoms with Crippen molar-refractivity contribution in [1.29, 1.82) is 0 Å². The van der Waals surface area contributed by atoms with E-state index in [0.717, 1.165) is 22.1 Å². The molecule has 0 saturated heterocycles. The normalized spacial score (nSPS) is 21.1. The van der Waals surface area contributed by atoms with E-state index in [2.05, 4.69) is 16.8 Å². The number of carboxylic acid groups (broad SMARTS) is 1. The summed E-state index contributed by atoms with van der Waals surface area (Å²) in [5.74, 6) is -2.17. The molecule has 0 fully saturated rings. The van der Waals surface area contributed by atoms with Crippen LogP contribution in [0.25, 0.3) is 10.1 Å². The zero-order valence-corrected chi connectivity index (χ0v) is 14.7. The molecule has 0 saturated carbocycles. The molecule has 2 aromatic rings. The number of nitrogens with one attached hydrogen (secondary N) is 1. The smallest absolute Gasteiger partial charge is 0.307 e. The second-order valence-corrected chi connectivity index (χ2v) is 7.41. The van der Waals surface area contributed by atoms with Crippen LogP contribution in [0.15, 0.2) is 40.8 Å². The summed E-state index contributed by atoms with van der Waals surface area (Å²) >= 11 is 1.65. The summed E-state index contributed by atoms with van der Waals surface area (Å²) in [6.45, 7) is 4.38. The maximum atomic E-state index is 12.6. The number of hydrogen-bond donors (Lipinski definition) is 2. The molecule has 1 aromatic carbocycles. The number of rotatable bonds is 4. The maximum absolute atomic E-state index is 12.6. The van der Waals surface area contributed by atoms with Crippen molar-refractivity contribution in [2.45, 2.75) is 33.2 Å². The molecule has 1 heterocycles. The van der Waals surface area contributed by atoms with Gasteiger partial charge in [-0.2, -0.15) is 0 Å². The molecule has 126 valence electrons. The third kappa shape index (κ3) is 3.22. The SMILES string of the molecule is CC1=C(C)C[C@H](C(=O)NCc2csc3ccccc23)[C@@H](C(=O)O)C1. The highest BCUT2D eigenvalue weighted by molar-refractivity contribution is 7.17. The molecule has 0 bridgehead atoms. The standard InChI is InChI=1S/C19H21NO3S/c1-11-7-15(16(19(22)23)8-12(11)2)18(21)20-9-13-10-24-17-6-4-3-5-14(13)17/h3-6,10,15-16H,7-9H2,1-2H3,(H,20,21)(H,22,23)/t15-,16-/m0/s1. The summed E-state index contributed by atoms with van der Waals surface area (Å²) in [4.78, 5) is 24.1. The molecular formula is C19H21NO3S. The molecule has 0 unspecified atom stereocenters. The van der Waals surface area contributed by atoms with E-state index in [9.17, 15) is 14.7 Å². The summed E-state index contributed by atoms with van der Waals surface area (Å²) in [5, 5.41) is 15.6. The predicted octanol–water partition coefficient (Wildman–Crippen LogP) is 3.96. The molecule has 2 N–H and O–H groups in total. The molecule has 1 aliphatic carbocycles. The first kappa shape index (κ1) is 16.7. The highest BCUT2D eigenvalue weighted by atomic mass is 32.1. The number of carboxylic acids is 1. The van der Waals surface area contributed by atoms with E-state index in [4.69, 9.17) is 0 Å². The number of hydrogen-bond acceptors (Lipinski definition) is 3. The van der Waals surface area contributed by atoms with Gasteiger partial charge in [0.25, 0.3) is 0 Å². The Morgan fingerprint density at radius 1 is 1.17 bits per heavy atom. The fourth-order valence-electron chi connectivity index (χ4n) is 3.31. The van der Waals surface area contributed by atoms with Crippen molar-refractivity contribution in [3.63, 3.8) is 0 Å². The Balaban J connectivity index is 1.73. The van der Waals surface area contributed by atoms with Crippen LogP contribution in [-0.4, -0.2) is 17.0 Å². The first-order valence-electron chi connectivity index (χ1n) is 8.08. The van der Waals surface area contributed by atoms with Crippen molar-refractivity contribution >= 4 is 33.3 Å². The average Bonchev–Trinajstić information content (AvgIpc) is 2.97. The highest BCUT2D eigenvalue weighted by Gasteiger charge is 2.37. The Labute approximate surface area is 145 Å². The minimum atomic E-state index is -0.886. The van der Waals surface area contributed by atoms with Gasteiger partial charge in [-0.05, 0) is 49.1 Å². The lowest BCUT2D eigenvalue weighted by Crippen LogP contribution is -2.39. The van der Waals surface area contributed by atoms with Gasteiger partial charge in [-0.3, -0.25) is 9.59 Å². The predicted molar refractivity (Wildman–Crippen MR) is 95.9 cm³/mol. The number of benzene rings is 1. The summed E-state index contributed by atoms with van der Waals surface area (Å²) < 4.78 is 1.19. The maximum Gasteiger partial charge on any atom is 0.307 e. The Morgan fingerprint density at radius 2 is 1.83 bits per heavy atom. The van der Waals surface area contributed by atoms with E-state index in [1.165, 1.54) is 4.70 Å². The number of carbonyl (C=O) groups is 2. The number of aliphatic carboxylic acids is 1. The lowest BCUT2D eigenvalue weighted by molar-refractivity contribution is -0.147. The van der Waals surface area contributed by atoms with Crippen LogP contribution in [-0.2, 0) is 16.1 Å². The van der Waals surface area contributed by atoms with Crippen LogP contribution in [0.5, 0.6) is 0 Å². The number of thiophene rings is 1. The molecule has 2 atom stereocenters. The van der Waals surface area contributed by atoms with Gasteiger partial charge in [0.05, 0.1) is 11.8 Å². The van der Waals surface area contributed by atoms with Crippen LogP contribution in [0.3, 0.4) is 0 Å². The molecule has 0 spiro atoms. The van der Waals surface area contributed by atoms with E-state index >= 15 is 0 Å². The van der Waals surface area contributed by atoms with E-state index in [1.54, 1.807) is 11.3 Å². The minimum absolute atomic E-state index is 0.162. The summed E-state index contributed by atoms with van der Waals surface area (Å²) in [6.07, 6.45) is 0.986. The van der Waals surface area contributed by atoms with Gasteiger partial charge in [0.1, 0.15) is 0 Å². The van der Waals surface area contributed by atoms with Crippen LogP contribution in [0.2, 0.25) is 0 Å². The highest BCUT2D eigenvalue weighted by Crippen LogP contribution is 2.34. The molecule has 1 amide bonds. The van der Waals surface area contributed by atoms with Crippen LogP contribution in [0.4, 0.5) is 0 Å². The van der Waals surface area contributed by atoms with Crippen molar-refractivity contribution in [3.05, 3.63) is 46.4 Å². The van der Waals surface area contributed by atoms with E-state index in [0.29, 0.717) is 19.4 Å². The fourth-order valence-corrected chi connectivity index (χ4v) is 4.27. The van der Waals surface area contributed by atoms with Crippen molar-refractivity contribution in [3.8, 4) is 0 Å². The molecule has 4 nitrogen and oxygen atoms in total. The monoisotopic (exact) mass is 343 g/mol. The lowest BCUT2D eigenvalue weighted by Gasteiger charge is -2.29. The average molecular weight is 343 g/mol. The summed E-state index contributed by atoms with van der Waals surface area (Å²) in [5.41, 5.74) is 3.30. The topological polar surface area (TPSA) is 66.4 Å². The molecule has 3 rings (SSSR count). The van der Waals surface area contributed by atoms with Gasteiger partial charge in [-0.1, -0.05) is 29.3 Å². The van der Waals surface area contributed by atoms with E-state index in [1.807, 2.05) is 32.0 Å². The fraction of sp³-hybridized carbons (Fsp3) is 0.368. The number of fused-ring (bicyclic) bond motifs is 1. The first-order chi connectivity index (χ1) is 11.5. The summed E-state index contributed by atoms with van der Waals surface area (Å²) in [7, 11) is 0. The summed E-state index contributed by atoms with van der Waals surface area (Å²) in [6, 6.07) is 8.09. The molecule has 1 aliphatic rings. The third-order valence-electron chi connectivity index (χ3n) is 4.93. The van der Waals surface area contributed by atoms with Gasteiger partial charge in [-0.15, -0.1) is 11.3 Å². The molecule has 24 heavy (non-hydrogen) atoms. The first-order valence-corrected chi connectivity index (χ1v) is 8.96. The lowest BCUT2D eigenvalue weighted by atomic mass is 9.76. The zero-order chi connectivity index (χ0) is 17.3. The second kappa shape index (κ2) is 6.77. The number of carbonyl (C=O) groups excluding carboxylic acids is 1. The van der Waals surface area contributed by atoms with Crippen LogP contribution >= 0.6 is 11.3 Å². The van der Waals surface area contributed by atoms with Gasteiger partial charge in [0, 0.05) is 11.2 Å². The van der Waals surface area contributed by atoms with Gasteiger partial charge in [0.2, 0.25) is 5.91 Å². The Morgan fingerprint density at radius 3 is 2.54 bits per heavy atom. The molecular weight excluding hydrogens is 322 g/mol. The van der Waals surface area contributed by atoms with Gasteiger partial charge in [0.15, 0.2) is 0 Å². The van der Waals surface area contributed by atoms with Crippen molar-refractivity contribution in [2.24, 2.45) is 11.8 Å². The van der Waals surface area contributed by atoms with Crippen LogP contribution < -0.4 is 5.32 Å². The molecule has 0 radical (unpaired) electrons.